The van der Waals surface area contributed by atoms with E-state index in [1.807, 2.05) is 0 Å². The maximum Gasteiger partial charge on any atom is 0.127 e. The van der Waals surface area contributed by atoms with E-state index >= 15 is 0 Å². The molecule has 132 valence electrons. The minimum atomic E-state index is 0.698. The minimum Gasteiger partial charge on any atom is -0.496 e. The molecule has 2 nitrogen and oxygen atoms in total. The topological polar surface area (TPSA) is 18.5 Å². The standard InChI is InChI=1S/C23H28O2/c1-3-25-21-15-13-17-9-5-7-11-19(17)23(21)22-18-10-6-4-8-16(18)12-14-20(22)24-2/h12-15H,3-11H2,1-2H3. The zero-order chi connectivity index (χ0) is 17.2. The molecule has 0 fully saturated rings. The molecule has 0 saturated heterocycles. The number of methoxy groups -OCH3 is 1. The maximum atomic E-state index is 6.09. The number of rotatable bonds is 4. The van der Waals surface area contributed by atoms with Crippen molar-refractivity contribution in [2.75, 3.05) is 13.7 Å². The van der Waals surface area contributed by atoms with E-state index in [0.29, 0.717) is 6.61 Å². The normalized spacial score (nSPS) is 16.1. The van der Waals surface area contributed by atoms with Crippen molar-refractivity contribution < 1.29 is 9.47 Å². The zero-order valence-electron chi connectivity index (χ0n) is 15.5. The Morgan fingerprint density at radius 3 is 1.80 bits per heavy atom. The van der Waals surface area contributed by atoms with Gasteiger partial charge in [0.25, 0.3) is 0 Å². The van der Waals surface area contributed by atoms with Crippen LogP contribution in [0.15, 0.2) is 24.3 Å². The summed E-state index contributed by atoms with van der Waals surface area (Å²) in [5, 5.41) is 0. The van der Waals surface area contributed by atoms with Crippen LogP contribution in [0.25, 0.3) is 11.1 Å². The molecule has 2 aliphatic carbocycles. The summed E-state index contributed by atoms with van der Waals surface area (Å²) in [5.41, 5.74) is 8.61. The van der Waals surface area contributed by atoms with Crippen molar-refractivity contribution in [2.24, 2.45) is 0 Å². The van der Waals surface area contributed by atoms with Gasteiger partial charge < -0.3 is 9.47 Å². The first-order valence-electron chi connectivity index (χ1n) is 9.80. The van der Waals surface area contributed by atoms with E-state index in [1.165, 1.54) is 71.9 Å². The molecule has 2 heteroatoms. The Balaban J connectivity index is 2.00. The molecular formula is C23H28O2. The second-order valence-corrected chi connectivity index (χ2v) is 7.20. The summed E-state index contributed by atoms with van der Waals surface area (Å²) in [6.07, 6.45) is 9.81. The van der Waals surface area contributed by atoms with Crippen LogP contribution in [0.5, 0.6) is 11.5 Å². The molecule has 0 radical (unpaired) electrons. The second kappa shape index (κ2) is 7.11. The van der Waals surface area contributed by atoms with Crippen LogP contribution in [-0.4, -0.2) is 13.7 Å². The molecule has 25 heavy (non-hydrogen) atoms. The van der Waals surface area contributed by atoms with Gasteiger partial charge >= 0.3 is 0 Å². The van der Waals surface area contributed by atoms with E-state index in [4.69, 9.17) is 9.47 Å². The number of fused-ring (bicyclic) bond motifs is 2. The Morgan fingerprint density at radius 2 is 1.24 bits per heavy atom. The number of ether oxygens (including phenoxy) is 2. The average Bonchev–Trinajstić information content (AvgIpc) is 2.67. The van der Waals surface area contributed by atoms with Gasteiger partial charge in [0.1, 0.15) is 11.5 Å². The molecule has 0 unspecified atom stereocenters. The fraction of sp³-hybridized carbons (Fsp3) is 0.478. The molecule has 0 saturated carbocycles. The van der Waals surface area contributed by atoms with Crippen LogP contribution < -0.4 is 9.47 Å². The highest BCUT2D eigenvalue weighted by atomic mass is 16.5. The summed E-state index contributed by atoms with van der Waals surface area (Å²) in [6.45, 7) is 2.77. The quantitative estimate of drug-likeness (QED) is 0.732. The fourth-order valence-electron chi connectivity index (χ4n) is 4.61. The van der Waals surface area contributed by atoms with Gasteiger partial charge in [-0.2, -0.15) is 0 Å². The molecule has 2 aliphatic rings. The van der Waals surface area contributed by atoms with E-state index in [-0.39, 0.29) is 0 Å². The molecule has 4 rings (SSSR count). The van der Waals surface area contributed by atoms with Gasteiger partial charge in [0.05, 0.1) is 13.7 Å². The highest BCUT2D eigenvalue weighted by Crippen LogP contribution is 2.46. The average molecular weight is 336 g/mol. The zero-order valence-corrected chi connectivity index (χ0v) is 15.5. The first-order chi connectivity index (χ1) is 12.3. The largest absolute Gasteiger partial charge is 0.496 e. The van der Waals surface area contributed by atoms with Crippen molar-refractivity contribution in [2.45, 2.75) is 58.3 Å². The Labute approximate surface area is 151 Å². The predicted octanol–water partition coefficient (Wildman–Crippen LogP) is 5.52. The van der Waals surface area contributed by atoms with E-state index in [2.05, 4.69) is 31.2 Å². The number of hydrogen-bond donors (Lipinski definition) is 0. The monoisotopic (exact) mass is 336 g/mol. The second-order valence-electron chi connectivity index (χ2n) is 7.20. The predicted molar refractivity (Wildman–Crippen MR) is 103 cm³/mol. The van der Waals surface area contributed by atoms with Crippen molar-refractivity contribution in [1.82, 2.24) is 0 Å². The van der Waals surface area contributed by atoms with Gasteiger partial charge in [-0.15, -0.1) is 0 Å². The van der Waals surface area contributed by atoms with Crippen molar-refractivity contribution in [3.63, 3.8) is 0 Å². The van der Waals surface area contributed by atoms with E-state index in [0.717, 1.165) is 24.3 Å². The lowest BCUT2D eigenvalue weighted by Gasteiger charge is -2.27. The molecule has 0 aromatic heterocycles. The number of hydrogen-bond acceptors (Lipinski definition) is 2. The van der Waals surface area contributed by atoms with Crippen LogP contribution in [0.3, 0.4) is 0 Å². The van der Waals surface area contributed by atoms with Crippen molar-refractivity contribution in [3.05, 3.63) is 46.5 Å². The van der Waals surface area contributed by atoms with Gasteiger partial charge in [0, 0.05) is 11.1 Å². The van der Waals surface area contributed by atoms with Crippen molar-refractivity contribution in [1.29, 1.82) is 0 Å². The molecule has 0 bridgehead atoms. The molecule has 2 aromatic carbocycles. The van der Waals surface area contributed by atoms with Crippen LogP contribution >= 0.6 is 0 Å². The van der Waals surface area contributed by atoms with Crippen LogP contribution in [0.2, 0.25) is 0 Å². The first kappa shape index (κ1) is 16.5. The summed E-state index contributed by atoms with van der Waals surface area (Å²) < 4.78 is 11.9. The SMILES string of the molecule is CCOc1ccc2c(c1-c1c(OC)ccc3c1CCCC3)CCCC2. The lowest BCUT2D eigenvalue weighted by molar-refractivity contribution is 0.340. The van der Waals surface area contributed by atoms with Crippen LogP contribution in [-0.2, 0) is 25.7 Å². The number of aryl methyl sites for hydroxylation is 2. The Hall–Kier alpha value is -1.96. The molecule has 0 N–H and O–H groups in total. The minimum absolute atomic E-state index is 0.698. The molecule has 0 heterocycles. The van der Waals surface area contributed by atoms with Gasteiger partial charge in [0.2, 0.25) is 0 Å². The van der Waals surface area contributed by atoms with E-state index < -0.39 is 0 Å². The Kier molecular flexibility index (Phi) is 4.70. The summed E-state index contributed by atoms with van der Waals surface area (Å²) in [6, 6.07) is 8.90. The summed E-state index contributed by atoms with van der Waals surface area (Å²) in [5.74, 6) is 2.03. The summed E-state index contributed by atoms with van der Waals surface area (Å²) >= 11 is 0. The van der Waals surface area contributed by atoms with Crippen molar-refractivity contribution >= 4 is 0 Å². The van der Waals surface area contributed by atoms with E-state index in [9.17, 15) is 0 Å². The van der Waals surface area contributed by atoms with Gasteiger partial charge in [-0.05, 0) is 92.7 Å². The van der Waals surface area contributed by atoms with Crippen LogP contribution in [0.1, 0.15) is 54.9 Å². The lowest BCUT2D eigenvalue weighted by atomic mass is 9.80. The smallest absolute Gasteiger partial charge is 0.127 e. The summed E-state index contributed by atoms with van der Waals surface area (Å²) in [4.78, 5) is 0. The summed E-state index contributed by atoms with van der Waals surface area (Å²) in [7, 11) is 1.80. The van der Waals surface area contributed by atoms with Crippen LogP contribution in [0.4, 0.5) is 0 Å². The van der Waals surface area contributed by atoms with Gasteiger partial charge in [0.15, 0.2) is 0 Å². The van der Waals surface area contributed by atoms with Gasteiger partial charge in [-0.1, -0.05) is 12.1 Å². The fourth-order valence-corrected chi connectivity index (χ4v) is 4.61. The molecule has 0 spiro atoms. The van der Waals surface area contributed by atoms with Gasteiger partial charge in [-0.25, -0.2) is 0 Å². The third-order valence-corrected chi connectivity index (χ3v) is 5.76. The lowest BCUT2D eigenvalue weighted by Crippen LogP contribution is -2.11. The van der Waals surface area contributed by atoms with E-state index in [1.54, 1.807) is 7.11 Å². The van der Waals surface area contributed by atoms with Gasteiger partial charge in [-0.3, -0.25) is 0 Å². The highest BCUT2D eigenvalue weighted by molar-refractivity contribution is 5.83. The molecule has 2 aromatic rings. The highest BCUT2D eigenvalue weighted by Gasteiger charge is 2.25. The Morgan fingerprint density at radius 1 is 0.720 bits per heavy atom. The molecule has 0 atom stereocenters. The Bertz CT molecular complexity index is 776. The molecule has 0 amide bonds. The third kappa shape index (κ3) is 2.92. The third-order valence-electron chi connectivity index (χ3n) is 5.76. The molecule has 0 aliphatic heterocycles. The van der Waals surface area contributed by atoms with Crippen LogP contribution in [0, 0.1) is 0 Å². The molecular weight excluding hydrogens is 308 g/mol. The van der Waals surface area contributed by atoms with Crippen molar-refractivity contribution in [3.8, 4) is 22.6 Å². The maximum absolute atomic E-state index is 6.09. The first-order valence-corrected chi connectivity index (χ1v) is 9.80. The number of benzene rings is 2.